The van der Waals surface area contributed by atoms with Gasteiger partial charge in [-0.3, -0.25) is 4.79 Å². The highest BCUT2D eigenvalue weighted by Crippen LogP contribution is 2.47. The molecule has 90 valence electrons. The molecule has 1 aromatic carbocycles. The zero-order valence-corrected chi connectivity index (χ0v) is 10.7. The Labute approximate surface area is 107 Å². The summed E-state index contributed by atoms with van der Waals surface area (Å²) >= 11 is 4.98. The molecular formula is C13H16N2OS. The van der Waals surface area contributed by atoms with Crippen LogP contribution in [0.15, 0.2) is 30.3 Å². The minimum Gasteiger partial charge on any atom is -0.392 e. The van der Waals surface area contributed by atoms with Crippen molar-refractivity contribution in [3.63, 3.8) is 0 Å². The molecule has 1 aliphatic rings. The van der Waals surface area contributed by atoms with E-state index in [1.807, 2.05) is 30.3 Å². The molecule has 3 nitrogen and oxygen atoms in total. The van der Waals surface area contributed by atoms with Gasteiger partial charge in [0.2, 0.25) is 5.91 Å². The van der Waals surface area contributed by atoms with Gasteiger partial charge in [0, 0.05) is 13.6 Å². The molecule has 0 heterocycles. The molecule has 0 aliphatic heterocycles. The molecule has 0 spiro atoms. The summed E-state index contributed by atoms with van der Waals surface area (Å²) in [6.07, 6.45) is 1.58. The van der Waals surface area contributed by atoms with E-state index in [4.69, 9.17) is 18.0 Å². The van der Waals surface area contributed by atoms with Crippen molar-refractivity contribution in [1.82, 2.24) is 4.90 Å². The normalized spacial score (nSPS) is 16.3. The maximum atomic E-state index is 12.2. The number of nitrogens with two attached hydrogens (primary N) is 1. The summed E-state index contributed by atoms with van der Waals surface area (Å²) in [5.74, 6) is 0.0499. The smallest absolute Gasteiger partial charge is 0.235 e. The number of hydrogen-bond donors (Lipinski definition) is 1. The summed E-state index contributed by atoms with van der Waals surface area (Å²) in [7, 11) is 1.80. The molecule has 0 saturated heterocycles. The van der Waals surface area contributed by atoms with E-state index in [9.17, 15) is 4.79 Å². The maximum absolute atomic E-state index is 12.2. The fourth-order valence-electron chi connectivity index (χ4n) is 1.99. The lowest BCUT2D eigenvalue weighted by molar-refractivity contribution is -0.133. The Bertz CT molecular complexity index is 440. The second-order valence-electron chi connectivity index (χ2n) is 4.59. The molecule has 1 saturated carbocycles. The van der Waals surface area contributed by atoms with E-state index >= 15 is 0 Å². The van der Waals surface area contributed by atoms with Crippen LogP contribution in [0.25, 0.3) is 0 Å². The molecule has 1 aliphatic carbocycles. The van der Waals surface area contributed by atoms with Crippen LogP contribution >= 0.6 is 12.2 Å². The van der Waals surface area contributed by atoms with Crippen LogP contribution < -0.4 is 5.73 Å². The Kier molecular flexibility index (Phi) is 3.15. The first-order valence-corrected chi connectivity index (χ1v) is 6.06. The lowest BCUT2D eigenvalue weighted by Crippen LogP contribution is -2.40. The van der Waals surface area contributed by atoms with Crippen LogP contribution in [0.4, 0.5) is 0 Å². The number of nitrogens with zero attached hydrogens (tertiary/aromatic N) is 1. The number of rotatable bonds is 4. The van der Waals surface area contributed by atoms with Gasteiger partial charge in [0.1, 0.15) is 0 Å². The number of benzene rings is 1. The topological polar surface area (TPSA) is 46.3 Å². The van der Waals surface area contributed by atoms with Crippen LogP contribution in [-0.4, -0.2) is 22.8 Å². The minimum absolute atomic E-state index is 0.0499. The van der Waals surface area contributed by atoms with Crippen molar-refractivity contribution >= 4 is 23.1 Å². The van der Waals surface area contributed by atoms with Crippen molar-refractivity contribution in [3.8, 4) is 0 Å². The molecule has 17 heavy (non-hydrogen) atoms. The average molecular weight is 248 g/mol. The molecule has 0 unspecified atom stereocenters. The van der Waals surface area contributed by atoms with E-state index < -0.39 is 5.41 Å². The Morgan fingerprint density at radius 2 is 2.00 bits per heavy atom. The third-order valence-electron chi connectivity index (χ3n) is 3.24. The number of hydrogen-bond acceptors (Lipinski definition) is 2. The standard InChI is InChI=1S/C13H16N2OS/c1-15(9-10-5-3-2-4-6-10)12(16)13(7-8-13)11(14)17/h2-6H,7-9H2,1H3,(H2,14,17). The molecule has 0 radical (unpaired) electrons. The van der Waals surface area contributed by atoms with E-state index in [-0.39, 0.29) is 5.91 Å². The molecule has 1 aromatic rings. The van der Waals surface area contributed by atoms with Crippen molar-refractivity contribution in [2.75, 3.05) is 7.05 Å². The van der Waals surface area contributed by atoms with Gasteiger partial charge in [0.15, 0.2) is 0 Å². The molecule has 0 bridgehead atoms. The first-order chi connectivity index (χ1) is 8.06. The van der Waals surface area contributed by atoms with E-state index in [2.05, 4.69) is 0 Å². The van der Waals surface area contributed by atoms with Crippen LogP contribution in [0.2, 0.25) is 0 Å². The summed E-state index contributed by atoms with van der Waals surface area (Å²) in [6, 6.07) is 9.90. The van der Waals surface area contributed by atoms with Crippen LogP contribution in [0.1, 0.15) is 18.4 Å². The second-order valence-corrected chi connectivity index (χ2v) is 5.03. The SMILES string of the molecule is CN(Cc1ccccc1)C(=O)C1(C(N)=S)CC1. The first kappa shape index (κ1) is 12.0. The van der Waals surface area contributed by atoms with Crippen molar-refractivity contribution in [2.45, 2.75) is 19.4 Å². The van der Waals surface area contributed by atoms with Crippen molar-refractivity contribution < 1.29 is 4.79 Å². The Hall–Kier alpha value is -1.42. The Balaban J connectivity index is 2.04. The largest absolute Gasteiger partial charge is 0.392 e. The summed E-state index contributed by atoms with van der Waals surface area (Å²) < 4.78 is 0. The number of thiocarbonyl (C=S) groups is 1. The number of carbonyl (C=O) groups is 1. The Morgan fingerprint density at radius 3 is 2.47 bits per heavy atom. The first-order valence-electron chi connectivity index (χ1n) is 5.66. The van der Waals surface area contributed by atoms with E-state index in [1.54, 1.807) is 11.9 Å². The molecule has 2 N–H and O–H groups in total. The van der Waals surface area contributed by atoms with Gasteiger partial charge in [-0.15, -0.1) is 0 Å². The van der Waals surface area contributed by atoms with Gasteiger partial charge in [-0.05, 0) is 18.4 Å². The molecule has 2 rings (SSSR count). The Morgan fingerprint density at radius 1 is 1.41 bits per heavy atom. The van der Waals surface area contributed by atoms with Gasteiger partial charge in [0.05, 0.1) is 10.4 Å². The van der Waals surface area contributed by atoms with Crippen LogP contribution in [0.5, 0.6) is 0 Å². The van der Waals surface area contributed by atoms with Gasteiger partial charge >= 0.3 is 0 Å². The van der Waals surface area contributed by atoms with Gasteiger partial charge in [-0.1, -0.05) is 42.5 Å². The zero-order chi connectivity index (χ0) is 12.5. The highest BCUT2D eigenvalue weighted by atomic mass is 32.1. The molecule has 0 atom stereocenters. The van der Waals surface area contributed by atoms with Crippen molar-refractivity contribution in [1.29, 1.82) is 0 Å². The van der Waals surface area contributed by atoms with Crippen LogP contribution in [0, 0.1) is 5.41 Å². The van der Waals surface area contributed by atoms with Gasteiger partial charge in [-0.25, -0.2) is 0 Å². The number of amides is 1. The van der Waals surface area contributed by atoms with Crippen LogP contribution in [0.3, 0.4) is 0 Å². The summed E-state index contributed by atoms with van der Waals surface area (Å²) in [6.45, 7) is 0.601. The lowest BCUT2D eigenvalue weighted by Gasteiger charge is -2.22. The third kappa shape index (κ3) is 2.31. The summed E-state index contributed by atoms with van der Waals surface area (Å²) in [5, 5.41) is 0. The fraction of sp³-hybridized carbons (Fsp3) is 0.385. The molecule has 1 fully saturated rings. The lowest BCUT2D eigenvalue weighted by atomic mass is 10.1. The summed E-state index contributed by atoms with van der Waals surface area (Å²) in [5.41, 5.74) is 6.22. The predicted molar refractivity (Wildman–Crippen MR) is 71.4 cm³/mol. The van der Waals surface area contributed by atoms with E-state index in [0.29, 0.717) is 11.5 Å². The summed E-state index contributed by atoms with van der Waals surface area (Å²) in [4.78, 5) is 14.3. The molecule has 1 amide bonds. The predicted octanol–water partition coefficient (Wildman–Crippen LogP) is 1.71. The molecule has 0 aromatic heterocycles. The highest BCUT2D eigenvalue weighted by molar-refractivity contribution is 7.80. The zero-order valence-electron chi connectivity index (χ0n) is 9.85. The average Bonchev–Trinajstić information content (AvgIpc) is 3.10. The molecule has 4 heteroatoms. The van der Waals surface area contributed by atoms with Crippen LogP contribution in [-0.2, 0) is 11.3 Å². The maximum Gasteiger partial charge on any atom is 0.235 e. The quantitative estimate of drug-likeness (QED) is 0.825. The van der Waals surface area contributed by atoms with E-state index in [1.165, 1.54) is 0 Å². The van der Waals surface area contributed by atoms with Crippen molar-refractivity contribution in [3.05, 3.63) is 35.9 Å². The van der Waals surface area contributed by atoms with Crippen molar-refractivity contribution in [2.24, 2.45) is 11.1 Å². The fourth-order valence-corrected chi connectivity index (χ4v) is 2.28. The third-order valence-corrected chi connectivity index (χ3v) is 3.63. The van der Waals surface area contributed by atoms with Gasteiger partial charge in [0.25, 0.3) is 0 Å². The van der Waals surface area contributed by atoms with E-state index in [0.717, 1.165) is 18.4 Å². The molecular weight excluding hydrogens is 232 g/mol. The van der Waals surface area contributed by atoms with Gasteiger partial charge < -0.3 is 10.6 Å². The monoisotopic (exact) mass is 248 g/mol. The second kappa shape index (κ2) is 4.45. The highest BCUT2D eigenvalue weighted by Gasteiger charge is 2.53. The minimum atomic E-state index is -0.543. The van der Waals surface area contributed by atoms with Gasteiger partial charge in [-0.2, -0.15) is 0 Å². The number of carbonyl (C=O) groups excluding carboxylic acids is 1.